The highest BCUT2D eigenvalue weighted by Gasteiger charge is 2.05. The molecule has 0 saturated heterocycles. The van der Waals surface area contributed by atoms with E-state index in [0.717, 1.165) is 21.4 Å². The summed E-state index contributed by atoms with van der Waals surface area (Å²) in [5, 5.41) is 13.0. The normalized spacial score (nSPS) is 9.89. The van der Waals surface area contributed by atoms with Crippen LogP contribution in [0.4, 0.5) is 11.4 Å². The van der Waals surface area contributed by atoms with Crippen molar-refractivity contribution in [1.82, 2.24) is 0 Å². The molecule has 2 aromatic carbocycles. The molecule has 90 valence electrons. The van der Waals surface area contributed by atoms with Gasteiger partial charge in [-0.25, -0.2) is 0 Å². The van der Waals surface area contributed by atoms with Crippen molar-refractivity contribution in [3.8, 4) is 6.07 Å². The van der Waals surface area contributed by atoms with Crippen LogP contribution >= 0.6 is 27.5 Å². The van der Waals surface area contributed by atoms with Crippen molar-refractivity contribution >= 4 is 38.9 Å². The zero-order valence-electron chi connectivity index (χ0n) is 9.67. The summed E-state index contributed by atoms with van der Waals surface area (Å²) in [5.41, 5.74) is 3.34. The van der Waals surface area contributed by atoms with Gasteiger partial charge in [0.2, 0.25) is 0 Å². The number of hydrogen-bond donors (Lipinski definition) is 1. The van der Waals surface area contributed by atoms with E-state index in [1.807, 2.05) is 37.3 Å². The van der Waals surface area contributed by atoms with E-state index in [2.05, 4.69) is 27.3 Å². The number of nitrogens with zero attached hydrogens (tertiary/aromatic N) is 1. The molecule has 0 heterocycles. The Balaban J connectivity index is 2.40. The van der Waals surface area contributed by atoms with Gasteiger partial charge in [0.1, 0.15) is 6.07 Å². The first-order valence-corrected chi connectivity index (χ1v) is 6.50. The topological polar surface area (TPSA) is 35.8 Å². The van der Waals surface area contributed by atoms with Crippen LogP contribution in [0.2, 0.25) is 5.02 Å². The van der Waals surface area contributed by atoms with Gasteiger partial charge >= 0.3 is 0 Å². The van der Waals surface area contributed by atoms with Crippen molar-refractivity contribution in [2.24, 2.45) is 0 Å². The standard InChI is InChI=1S/C14H10BrClN2/c1-9-2-4-12(16)7-14(9)18-13-5-3-11(15)6-10(13)8-17/h2-7,18H,1H3. The molecule has 0 aliphatic carbocycles. The average Bonchev–Trinajstić information content (AvgIpc) is 2.36. The van der Waals surface area contributed by atoms with Crippen LogP contribution in [0.25, 0.3) is 0 Å². The van der Waals surface area contributed by atoms with Crippen LogP contribution in [0.5, 0.6) is 0 Å². The molecule has 0 spiro atoms. The van der Waals surface area contributed by atoms with Crippen LogP contribution in [0, 0.1) is 18.3 Å². The maximum Gasteiger partial charge on any atom is 0.101 e. The van der Waals surface area contributed by atoms with Crippen LogP contribution in [-0.2, 0) is 0 Å². The van der Waals surface area contributed by atoms with Gasteiger partial charge in [-0.1, -0.05) is 33.6 Å². The van der Waals surface area contributed by atoms with E-state index in [-0.39, 0.29) is 0 Å². The summed E-state index contributed by atoms with van der Waals surface area (Å²) < 4.78 is 0.882. The molecule has 2 nitrogen and oxygen atoms in total. The Hall–Kier alpha value is -1.50. The minimum atomic E-state index is 0.587. The van der Waals surface area contributed by atoms with E-state index in [1.54, 1.807) is 6.07 Å². The fraction of sp³-hybridized carbons (Fsp3) is 0.0714. The van der Waals surface area contributed by atoms with Gasteiger partial charge in [-0.3, -0.25) is 0 Å². The lowest BCUT2D eigenvalue weighted by molar-refractivity contribution is 1.41. The van der Waals surface area contributed by atoms with Gasteiger partial charge in [0, 0.05) is 15.2 Å². The van der Waals surface area contributed by atoms with Crippen LogP contribution in [-0.4, -0.2) is 0 Å². The van der Waals surface area contributed by atoms with Crippen molar-refractivity contribution in [1.29, 1.82) is 5.26 Å². The Kier molecular flexibility index (Phi) is 3.90. The third-order valence-electron chi connectivity index (χ3n) is 2.57. The van der Waals surface area contributed by atoms with E-state index >= 15 is 0 Å². The third-order valence-corrected chi connectivity index (χ3v) is 3.30. The maximum absolute atomic E-state index is 9.11. The lowest BCUT2D eigenvalue weighted by Crippen LogP contribution is -1.95. The number of benzene rings is 2. The maximum atomic E-state index is 9.11. The number of rotatable bonds is 2. The lowest BCUT2D eigenvalue weighted by Gasteiger charge is -2.11. The monoisotopic (exact) mass is 320 g/mol. The van der Waals surface area contributed by atoms with Gasteiger partial charge < -0.3 is 5.32 Å². The first-order valence-electron chi connectivity index (χ1n) is 5.33. The molecule has 0 bridgehead atoms. The van der Waals surface area contributed by atoms with E-state index in [4.69, 9.17) is 16.9 Å². The number of nitriles is 1. The Morgan fingerprint density at radius 2 is 1.94 bits per heavy atom. The number of nitrogens with one attached hydrogen (secondary N) is 1. The van der Waals surface area contributed by atoms with Crippen LogP contribution < -0.4 is 5.32 Å². The zero-order chi connectivity index (χ0) is 13.1. The molecular formula is C14H10BrClN2. The van der Waals surface area contributed by atoms with Gasteiger partial charge in [0.05, 0.1) is 11.3 Å². The van der Waals surface area contributed by atoms with E-state index in [1.165, 1.54) is 0 Å². The number of aryl methyl sites for hydroxylation is 1. The van der Waals surface area contributed by atoms with Gasteiger partial charge in [-0.15, -0.1) is 0 Å². The zero-order valence-corrected chi connectivity index (χ0v) is 12.0. The highest BCUT2D eigenvalue weighted by molar-refractivity contribution is 9.10. The fourth-order valence-electron chi connectivity index (χ4n) is 1.59. The van der Waals surface area contributed by atoms with Crippen molar-refractivity contribution in [2.45, 2.75) is 6.92 Å². The summed E-state index contributed by atoms with van der Waals surface area (Å²) in [4.78, 5) is 0. The molecule has 2 aromatic rings. The molecular weight excluding hydrogens is 312 g/mol. The predicted octanol–water partition coefficient (Wildman–Crippen LogP) is 5.03. The summed E-state index contributed by atoms with van der Waals surface area (Å²) >= 11 is 9.32. The summed E-state index contributed by atoms with van der Waals surface area (Å²) in [5.74, 6) is 0. The number of hydrogen-bond acceptors (Lipinski definition) is 2. The first-order chi connectivity index (χ1) is 8.60. The molecule has 0 aliphatic heterocycles. The van der Waals surface area contributed by atoms with E-state index < -0.39 is 0 Å². The minimum Gasteiger partial charge on any atom is -0.354 e. The molecule has 0 atom stereocenters. The van der Waals surface area contributed by atoms with Crippen LogP contribution in [0.3, 0.4) is 0 Å². The molecule has 0 aromatic heterocycles. The second-order valence-electron chi connectivity index (χ2n) is 3.89. The summed E-state index contributed by atoms with van der Waals surface area (Å²) in [6, 6.07) is 13.3. The third kappa shape index (κ3) is 2.84. The van der Waals surface area contributed by atoms with Gasteiger partial charge in [-0.05, 0) is 42.8 Å². The van der Waals surface area contributed by atoms with E-state index in [9.17, 15) is 0 Å². The molecule has 0 saturated carbocycles. The molecule has 4 heteroatoms. The minimum absolute atomic E-state index is 0.587. The highest BCUT2D eigenvalue weighted by atomic mass is 79.9. The lowest BCUT2D eigenvalue weighted by atomic mass is 10.1. The molecule has 1 N–H and O–H groups in total. The predicted molar refractivity (Wildman–Crippen MR) is 78.3 cm³/mol. The summed E-state index contributed by atoms with van der Waals surface area (Å²) in [7, 11) is 0. The van der Waals surface area contributed by atoms with Crippen LogP contribution in [0.15, 0.2) is 40.9 Å². The van der Waals surface area contributed by atoms with Crippen molar-refractivity contribution in [3.63, 3.8) is 0 Å². The first kappa shape index (κ1) is 12.9. The van der Waals surface area contributed by atoms with Gasteiger partial charge in [0.15, 0.2) is 0 Å². The quantitative estimate of drug-likeness (QED) is 0.842. The van der Waals surface area contributed by atoms with Crippen molar-refractivity contribution in [3.05, 3.63) is 57.0 Å². The van der Waals surface area contributed by atoms with Gasteiger partial charge in [-0.2, -0.15) is 5.26 Å². The largest absolute Gasteiger partial charge is 0.354 e. The SMILES string of the molecule is Cc1ccc(Cl)cc1Nc1ccc(Br)cc1C#N. The van der Waals surface area contributed by atoms with Crippen LogP contribution in [0.1, 0.15) is 11.1 Å². The Morgan fingerprint density at radius 3 is 2.67 bits per heavy atom. The number of anilines is 2. The Morgan fingerprint density at radius 1 is 1.17 bits per heavy atom. The molecule has 18 heavy (non-hydrogen) atoms. The number of halogens is 2. The molecule has 0 radical (unpaired) electrons. The van der Waals surface area contributed by atoms with Gasteiger partial charge in [0.25, 0.3) is 0 Å². The highest BCUT2D eigenvalue weighted by Crippen LogP contribution is 2.27. The fourth-order valence-corrected chi connectivity index (χ4v) is 2.13. The Bertz CT molecular complexity index is 632. The Labute approximate surface area is 119 Å². The molecule has 0 unspecified atom stereocenters. The second kappa shape index (κ2) is 5.43. The molecule has 0 fully saturated rings. The second-order valence-corrected chi connectivity index (χ2v) is 5.24. The smallest absolute Gasteiger partial charge is 0.101 e. The molecule has 0 amide bonds. The van der Waals surface area contributed by atoms with E-state index in [0.29, 0.717) is 10.6 Å². The molecule has 0 aliphatic rings. The van der Waals surface area contributed by atoms with Crippen molar-refractivity contribution in [2.75, 3.05) is 5.32 Å². The summed E-state index contributed by atoms with van der Waals surface area (Å²) in [6.07, 6.45) is 0. The average molecular weight is 322 g/mol. The van der Waals surface area contributed by atoms with Crippen molar-refractivity contribution < 1.29 is 0 Å². The summed E-state index contributed by atoms with van der Waals surface area (Å²) in [6.45, 7) is 1.99. The molecule has 2 rings (SSSR count).